The number of nitrogens with zero attached hydrogens (tertiary/aromatic N) is 2. The first kappa shape index (κ1) is 17.6. The molecule has 2 rings (SSSR count). The average molecular weight is 355 g/mol. The lowest BCUT2D eigenvalue weighted by Gasteiger charge is -2.36. The average Bonchev–Trinajstić information content (AvgIpc) is 2.75. The van der Waals surface area contributed by atoms with E-state index in [0.29, 0.717) is 5.06 Å². The van der Waals surface area contributed by atoms with Crippen LogP contribution in [-0.2, 0) is 21.2 Å². The Morgan fingerprint density at radius 3 is 2.73 bits per heavy atom. The van der Waals surface area contributed by atoms with Gasteiger partial charge in [0.2, 0.25) is 0 Å². The van der Waals surface area contributed by atoms with Crippen molar-refractivity contribution in [2.45, 2.75) is 37.9 Å². The van der Waals surface area contributed by atoms with Crippen LogP contribution in [0.2, 0.25) is 0 Å². The molecule has 0 spiro atoms. The fourth-order valence-corrected chi connectivity index (χ4v) is 2.89. The van der Waals surface area contributed by atoms with E-state index >= 15 is 0 Å². The summed E-state index contributed by atoms with van der Waals surface area (Å²) < 4.78 is 10.1. The van der Waals surface area contributed by atoms with Crippen molar-refractivity contribution in [3.8, 4) is 0 Å². The predicted octanol–water partition coefficient (Wildman–Crippen LogP) is -1.48. The molecule has 0 aliphatic carbocycles. The van der Waals surface area contributed by atoms with Crippen molar-refractivity contribution in [3.05, 3.63) is 11.9 Å². The summed E-state index contributed by atoms with van der Waals surface area (Å²) >= 11 is 4.32. The van der Waals surface area contributed by atoms with Crippen LogP contribution in [0.3, 0.4) is 0 Å². The van der Waals surface area contributed by atoms with Crippen molar-refractivity contribution in [2.75, 3.05) is 6.54 Å². The van der Waals surface area contributed by atoms with Gasteiger partial charge in [-0.2, -0.15) is 4.62 Å². The molecule has 0 aromatic carbocycles. The summed E-state index contributed by atoms with van der Waals surface area (Å²) in [6.45, 7) is -2.60. The van der Waals surface area contributed by atoms with Gasteiger partial charge in [0.1, 0.15) is 18.2 Å². The summed E-state index contributed by atoms with van der Waals surface area (Å²) in [5, 5.41) is 19.9. The monoisotopic (exact) mass is 355 g/mol. The maximum atomic E-state index is 12.3. The Kier molecular flexibility index (Phi) is 5.09. The van der Waals surface area contributed by atoms with Crippen molar-refractivity contribution in [1.82, 2.24) is 9.96 Å². The van der Waals surface area contributed by atoms with Crippen molar-refractivity contribution in [3.63, 3.8) is 0 Å². The van der Waals surface area contributed by atoms with Crippen molar-refractivity contribution in [1.29, 1.82) is 0 Å². The SMILES string of the molecule is CC(O)[C@H]1O[C@@H](N2CC=C(N)N(OP(O)(O)=S)C2=O)C[C@@H]1O. The Morgan fingerprint density at radius 2 is 2.23 bits per heavy atom. The van der Waals surface area contributed by atoms with Crippen LogP contribution in [0.5, 0.6) is 0 Å². The molecule has 1 saturated heterocycles. The number of carbonyl (C=O) groups excluding carboxylic acids is 1. The van der Waals surface area contributed by atoms with Crippen molar-refractivity contribution < 1.29 is 34.2 Å². The van der Waals surface area contributed by atoms with E-state index in [1.54, 1.807) is 0 Å². The number of aliphatic hydroxyl groups is 2. The number of hydrogen-bond acceptors (Lipinski definition) is 7. The summed E-state index contributed by atoms with van der Waals surface area (Å²) in [6, 6.07) is -0.805. The molecule has 0 aromatic heterocycles. The highest BCUT2D eigenvalue weighted by molar-refractivity contribution is 8.06. The third-order valence-corrected chi connectivity index (χ3v) is 3.87. The first-order valence-corrected chi connectivity index (χ1v) is 9.06. The highest BCUT2D eigenvalue weighted by Gasteiger charge is 2.44. The first-order valence-electron chi connectivity index (χ1n) is 6.43. The number of nitrogens with two attached hydrogens (primary N) is 1. The molecular formula is C10H18N3O7PS. The molecule has 0 saturated carbocycles. The number of ether oxygens (including phenoxy) is 1. The van der Waals surface area contributed by atoms with E-state index in [2.05, 4.69) is 16.4 Å². The van der Waals surface area contributed by atoms with Gasteiger partial charge in [-0.3, -0.25) is 4.90 Å². The fraction of sp³-hybridized carbons (Fsp3) is 0.700. The molecule has 22 heavy (non-hydrogen) atoms. The summed E-state index contributed by atoms with van der Waals surface area (Å²) in [4.78, 5) is 31.8. The van der Waals surface area contributed by atoms with Gasteiger partial charge in [0.05, 0.1) is 12.2 Å². The topological polar surface area (TPSA) is 149 Å². The first-order chi connectivity index (χ1) is 10.1. The smallest absolute Gasteiger partial charge is 0.352 e. The van der Waals surface area contributed by atoms with E-state index in [9.17, 15) is 24.8 Å². The number of amides is 2. The Labute approximate surface area is 131 Å². The van der Waals surface area contributed by atoms with Crippen LogP contribution in [0, 0.1) is 0 Å². The lowest BCUT2D eigenvalue weighted by molar-refractivity contribution is -0.102. The molecule has 10 nitrogen and oxygen atoms in total. The minimum atomic E-state index is -4.15. The zero-order chi connectivity index (χ0) is 16.7. The second-order valence-corrected chi connectivity index (χ2v) is 7.60. The fourth-order valence-electron chi connectivity index (χ4n) is 2.31. The predicted molar refractivity (Wildman–Crippen MR) is 77.0 cm³/mol. The van der Waals surface area contributed by atoms with E-state index in [1.807, 2.05) is 0 Å². The highest BCUT2D eigenvalue weighted by atomic mass is 32.5. The molecule has 126 valence electrons. The van der Waals surface area contributed by atoms with Crippen LogP contribution in [-0.4, -0.2) is 67.1 Å². The van der Waals surface area contributed by atoms with Gasteiger partial charge in [-0.15, -0.1) is 5.06 Å². The van der Waals surface area contributed by atoms with Gasteiger partial charge in [0.25, 0.3) is 0 Å². The zero-order valence-electron chi connectivity index (χ0n) is 11.6. The van der Waals surface area contributed by atoms with Crippen LogP contribution in [0.4, 0.5) is 4.79 Å². The second-order valence-electron chi connectivity index (χ2n) is 5.03. The normalized spacial score (nSPS) is 31.4. The maximum Gasteiger partial charge on any atom is 0.352 e. The van der Waals surface area contributed by atoms with Gasteiger partial charge in [0, 0.05) is 13.0 Å². The van der Waals surface area contributed by atoms with Gasteiger partial charge >= 0.3 is 12.7 Å². The lowest BCUT2D eigenvalue weighted by atomic mass is 10.1. The molecule has 0 aromatic rings. The van der Waals surface area contributed by atoms with Crippen LogP contribution in [0.1, 0.15) is 13.3 Å². The van der Waals surface area contributed by atoms with E-state index in [1.165, 1.54) is 17.9 Å². The molecule has 6 N–H and O–H groups in total. The molecule has 4 atom stereocenters. The molecule has 2 heterocycles. The summed E-state index contributed by atoms with van der Waals surface area (Å²) in [5.74, 6) is -0.135. The molecule has 2 aliphatic rings. The number of urea groups is 1. The molecular weight excluding hydrogens is 337 g/mol. The highest BCUT2D eigenvalue weighted by Crippen LogP contribution is 2.40. The lowest BCUT2D eigenvalue weighted by Crippen LogP contribution is -2.52. The van der Waals surface area contributed by atoms with Crippen LogP contribution >= 0.6 is 6.72 Å². The molecule has 12 heteroatoms. The van der Waals surface area contributed by atoms with Crippen LogP contribution < -0.4 is 5.73 Å². The summed E-state index contributed by atoms with van der Waals surface area (Å²) in [7, 11) is 0. The Bertz CT molecular complexity index is 525. The summed E-state index contributed by atoms with van der Waals surface area (Å²) in [5.41, 5.74) is 5.57. The van der Waals surface area contributed by atoms with Gasteiger partial charge in [0.15, 0.2) is 0 Å². The standard InChI is InChI=1S/C10H18N3O7PS/c1-5(14)9-6(15)4-8(19-9)12-3-2-7(11)13(10(12)16)20-21(17,18)22/h2,5-6,8-9,14-15H,3-4,11H2,1H3,(H2,17,18,22)/t5?,6-,8+,9+/m0/s1. The quantitative estimate of drug-likeness (QED) is 0.381. The van der Waals surface area contributed by atoms with Gasteiger partial charge < -0.3 is 30.5 Å². The zero-order valence-corrected chi connectivity index (χ0v) is 13.4. The molecule has 1 fully saturated rings. The second kappa shape index (κ2) is 6.38. The Balaban J connectivity index is 2.14. The van der Waals surface area contributed by atoms with Crippen molar-refractivity contribution >= 4 is 24.6 Å². The minimum absolute atomic E-state index is 0.0776. The number of hydroxylamine groups is 2. The number of rotatable bonds is 4. The van der Waals surface area contributed by atoms with Gasteiger partial charge in [-0.05, 0) is 24.8 Å². The third kappa shape index (κ3) is 3.76. The number of aliphatic hydroxyl groups excluding tert-OH is 2. The number of carbonyl (C=O) groups is 1. The van der Waals surface area contributed by atoms with Crippen molar-refractivity contribution in [2.24, 2.45) is 5.73 Å². The Morgan fingerprint density at radius 1 is 1.59 bits per heavy atom. The van der Waals surface area contributed by atoms with Gasteiger partial charge in [-0.1, -0.05) is 0 Å². The molecule has 2 amide bonds. The van der Waals surface area contributed by atoms with Crippen LogP contribution in [0.25, 0.3) is 0 Å². The Hall–Kier alpha value is -0.780. The third-order valence-electron chi connectivity index (χ3n) is 3.30. The largest absolute Gasteiger partial charge is 0.391 e. The van der Waals surface area contributed by atoms with E-state index in [0.717, 1.165) is 0 Å². The van der Waals surface area contributed by atoms with Crippen LogP contribution in [0.15, 0.2) is 11.9 Å². The van der Waals surface area contributed by atoms with E-state index in [-0.39, 0.29) is 18.8 Å². The van der Waals surface area contributed by atoms with Gasteiger partial charge in [-0.25, -0.2) is 4.79 Å². The maximum absolute atomic E-state index is 12.3. The molecule has 2 aliphatic heterocycles. The number of hydrogen-bond donors (Lipinski definition) is 5. The minimum Gasteiger partial charge on any atom is -0.391 e. The molecule has 0 radical (unpaired) electrons. The molecule has 0 bridgehead atoms. The summed E-state index contributed by atoms with van der Waals surface area (Å²) in [6.07, 6.45) is -1.98. The molecule has 1 unspecified atom stereocenters. The van der Waals surface area contributed by atoms with E-state index < -0.39 is 37.3 Å². The van der Waals surface area contributed by atoms with E-state index in [4.69, 9.17) is 10.5 Å².